The van der Waals surface area contributed by atoms with E-state index in [1.54, 1.807) is 18.2 Å². The fourth-order valence-corrected chi connectivity index (χ4v) is 2.15. The molecule has 0 atom stereocenters. The second-order valence-corrected chi connectivity index (χ2v) is 5.28. The van der Waals surface area contributed by atoms with E-state index in [0.717, 1.165) is 4.47 Å². The van der Waals surface area contributed by atoms with Crippen LogP contribution in [0.25, 0.3) is 0 Å². The van der Waals surface area contributed by atoms with Gasteiger partial charge in [-0.05, 0) is 36.4 Å². The monoisotopic (exact) mass is 357 g/mol. The van der Waals surface area contributed by atoms with E-state index in [9.17, 15) is 9.18 Å². The molecule has 0 aliphatic heterocycles. The average molecular weight is 359 g/mol. The maximum atomic E-state index is 13.6. The first-order valence-corrected chi connectivity index (χ1v) is 6.78. The SMILES string of the molecule is COc1cc(Br)ccc1C(=O)Nc1cc(Cl)ccc1F. The van der Waals surface area contributed by atoms with Gasteiger partial charge in [-0.3, -0.25) is 4.79 Å². The molecule has 2 aromatic carbocycles. The van der Waals surface area contributed by atoms with Crippen LogP contribution in [0.3, 0.4) is 0 Å². The first-order valence-electron chi connectivity index (χ1n) is 5.61. The Morgan fingerprint density at radius 2 is 2.05 bits per heavy atom. The lowest BCUT2D eigenvalue weighted by molar-refractivity contribution is 0.102. The number of hydrogen-bond acceptors (Lipinski definition) is 2. The van der Waals surface area contributed by atoms with Gasteiger partial charge in [-0.1, -0.05) is 27.5 Å². The lowest BCUT2D eigenvalue weighted by Gasteiger charge is -2.10. The van der Waals surface area contributed by atoms with Crippen molar-refractivity contribution in [2.75, 3.05) is 12.4 Å². The first kappa shape index (κ1) is 14.8. The van der Waals surface area contributed by atoms with Crippen LogP contribution in [0.2, 0.25) is 5.02 Å². The van der Waals surface area contributed by atoms with Crippen molar-refractivity contribution in [1.29, 1.82) is 0 Å². The number of halogens is 3. The molecule has 104 valence electrons. The van der Waals surface area contributed by atoms with Crippen LogP contribution in [-0.2, 0) is 0 Å². The summed E-state index contributed by atoms with van der Waals surface area (Å²) in [5, 5.41) is 2.81. The molecule has 0 unspecified atom stereocenters. The molecule has 0 bridgehead atoms. The van der Waals surface area contributed by atoms with Crippen molar-refractivity contribution in [2.45, 2.75) is 0 Å². The Balaban J connectivity index is 2.30. The lowest BCUT2D eigenvalue weighted by Crippen LogP contribution is -2.14. The molecule has 0 spiro atoms. The van der Waals surface area contributed by atoms with E-state index in [4.69, 9.17) is 16.3 Å². The van der Waals surface area contributed by atoms with Gasteiger partial charge in [-0.25, -0.2) is 4.39 Å². The summed E-state index contributed by atoms with van der Waals surface area (Å²) >= 11 is 9.06. The second kappa shape index (κ2) is 6.24. The normalized spacial score (nSPS) is 10.2. The number of methoxy groups -OCH3 is 1. The van der Waals surface area contributed by atoms with Crippen LogP contribution in [0.15, 0.2) is 40.9 Å². The smallest absolute Gasteiger partial charge is 0.259 e. The Labute approximate surface area is 128 Å². The highest BCUT2D eigenvalue weighted by Gasteiger charge is 2.14. The first-order chi connectivity index (χ1) is 9.51. The third kappa shape index (κ3) is 3.29. The number of carbonyl (C=O) groups is 1. The minimum atomic E-state index is -0.557. The minimum Gasteiger partial charge on any atom is -0.496 e. The van der Waals surface area contributed by atoms with E-state index in [2.05, 4.69) is 21.2 Å². The van der Waals surface area contributed by atoms with Crippen molar-refractivity contribution in [3.8, 4) is 5.75 Å². The Morgan fingerprint density at radius 3 is 2.75 bits per heavy atom. The van der Waals surface area contributed by atoms with E-state index in [1.807, 2.05) is 0 Å². The van der Waals surface area contributed by atoms with Crippen molar-refractivity contribution in [3.05, 3.63) is 57.3 Å². The zero-order valence-corrected chi connectivity index (χ0v) is 12.8. The predicted molar refractivity (Wildman–Crippen MR) is 80.1 cm³/mol. The zero-order valence-electron chi connectivity index (χ0n) is 10.4. The Hall–Kier alpha value is -1.59. The Kier molecular flexibility index (Phi) is 4.62. The van der Waals surface area contributed by atoms with Crippen LogP contribution in [-0.4, -0.2) is 13.0 Å². The van der Waals surface area contributed by atoms with Gasteiger partial charge in [0.2, 0.25) is 0 Å². The predicted octanol–water partition coefficient (Wildman–Crippen LogP) is 4.50. The van der Waals surface area contributed by atoms with Gasteiger partial charge in [0, 0.05) is 9.50 Å². The topological polar surface area (TPSA) is 38.3 Å². The van der Waals surface area contributed by atoms with E-state index >= 15 is 0 Å². The largest absolute Gasteiger partial charge is 0.496 e. The van der Waals surface area contributed by atoms with Gasteiger partial charge >= 0.3 is 0 Å². The molecule has 2 aromatic rings. The number of hydrogen-bond donors (Lipinski definition) is 1. The molecule has 0 saturated heterocycles. The molecule has 1 amide bonds. The Bertz CT molecular complexity index is 664. The summed E-state index contributed by atoms with van der Waals surface area (Å²) in [6, 6.07) is 8.89. The summed E-state index contributed by atoms with van der Waals surface area (Å²) in [5.74, 6) is -0.645. The van der Waals surface area contributed by atoms with Crippen molar-refractivity contribution < 1.29 is 13.9 Å². The van der Waals surface area contributed by atoms with E-state index in [1.165, 1.54) is 25.3 Å². The summed E-state index contributed by atoms with van der Waals surface area (Å²) in [7, 11) is 1.46. The zero-order chi connectivity index (χ0) is 14.7. The molecule has 0 aliphatic rings. The fourth-order valence-electron chi connectivity index (χ4n) is 1.64. The number of carbonyl (C=O) groups excluding carboxylic acids is 1. The highest BCUT2D eigenvalue weighted by Crippen LogP contribution is 2.25. The summed E-state index contributed by atoms with van der Waals surface area (Å²) < 4.78 is 19.5. The molecule has 0 aromatic heterocycles. The average Bonchev–Trinajstić information content (AvgIpc) is 2.42. The Morgan fingerprint density at radius 1 is 1.30 bits per heavy atom. The molecular weight excluding hydrogens is 349 g/mol. The van der Waals surface area contributed by atoms with Crippen molar-refractivity contribution >= 4 is 39.1 Å². The van der Waals surface area contributed by atoms with Gasteiger partial charge in [0.25, 0.3) is 5.91 Å². The van der Waals surface area contributed by atoms with Crippen LogP contribution in [0.4, 0.5) is 10.1 Å². The van der Waals surface area contributed by atoms with Gasteiger partial charge in [-0.15, -0.1) is 0 Å². The minimum absolute atomic E-state index is 0.0208. The molecule has 0 radical (unpaired) electrons. The number of amides is 1. The highest BCUT2D eigenvalue weighted by molar-refractivity contribution is 9.10. The molecule has 1 N–H and O–H groups in total. The van der Waals surface area contributed by atoms with Crippen LogP contribution in [0, 0.1) is 5.82 Å². The number of ether oxygens (including phenoxy) is 1. The summed E-state index contributed by atoms with van der Waals surface area (Å²) in [6.07, 6.45) is 0. The van der Waals surface area contributed by atoms with Crippen LogP contribution in [0.5, 0.6) is 5.75 Å². The maximum Gasteiger partial charge on any atom is 0.259 e. The number of anilines is 1. The van der Waals surface area contributed by atoms with Gasteiger partial charge in [0.1, 0.15) is 11.6 Å². The van der Waals surface area contributed by atoms with Crippen molar-refractivity contribution in [2.24, 2.45) is 0 Å². The number of rotatable bonds is 3. The second-order valence-electron chi connectivity index (χ2n) is 3.92. The van der Waals surface area contributed by atoms with Crippen LogP contribution < -0.4 is 10.1 Å². The van der Waals surface area contributed by atoms with Gasteiger partial charge < -0.3 is 10.1 Å². The molecule has 0 fully saturated rings. The molecule has 0 saturated carbocycles. The molecular formula is C14H10BrClFNO2. The maximum absolute atomic E-state index is 13.6. The van der Waals surface area contributed by atoms with E-state index < -0.39 is 11.7 Å². The van der Waals surface area contributed by atoms with Crippen molar-refractivity contribution in [3.63, 3.8) is 0 Å². The molecule has 20 heavy (non-hydrogen) atoms. The quantitative estimate of drug-likeness (QED) is 0.877. The molecule has 3 nitrogen and oxygen atoms in total. The van der Waals surface area contributed by atoms with Crippen molar-refractivity contribution in [1.82, 2.24) is 0 Å². The van der Waals surface area contributed by atoms with E-state index in [0.29, 0.717) is 16.3 Å². The third-order valence-corrected chi connectivity index (χ3v) is 3.31. The number of nitrogens with one attached hydrogen (secondary N) is 1. The fraction of sp³-hybridized carbons (Fsp3) is 0.0714. The van der Waals surface area contributed by atoms with Gasteiger partial charge in [0.15, 0.2) is 0 Å². The standard InChI is InChI=1S/C14H10BrClFNO2/c1-20-13-6-8(15)2-4-10(13)14(19)18-12-7-9(16)3-5-11(12)17/h2-7H,1H3,(H,18,19). The summed E-state index contributed by atoms with van der Waals surface area (Å²) in [6.45, 7) is 0. The molecule has 0 heterocycles. The molecule has 2 rings (SSSR count). The van der Waals surface area contributed by atoms with Crippen LogP contribution in [0.1, 0.15) is 10.4 Å². The van der Waals surface area contributed by atoms with Crippen LogP contribution >= 0.6 is 27.5 Å². The van der Waals surface area contributed by atoms with E-state index in [-0.39, 0.29) is 5.69 Å². The lowest BCUT2D eigenvalue weighted by atomic mass is 10.2. The summed E-state index contributed by atoms with van der Waals surface area (Å²) in [4.78, 5) is 12.2. The molecule has 6 heteroatoms. The number of benzene rings is 2. The summed E-state index contributed by atoms with van der Waals surface area (Å²) in [5.41, 5.74) is 0.322. The van der Waals surface area contributed by atoms with Gasteiger partial charge in [0.05, 0.1) is 18.4 Å². The highest BCUT2D eigenvalue weighted by atomic mass is 79.9. The van der Waals surface area contributed by atoms with Gasteiger partial charge in [-0.2, -0.15) is 0 Å². The molecule has 0 aliphatic carbocycles. The third-order valence-electron chi connectivity index (χ3n) is 2.58.